The van der Waals surface area contributed by atoms with Gasteiger partial charge in [0.1, 0.15) is 5.76 Å². The predicted octanol–water partition coefficient (Wildman–Crippen LogP) is 2.49. The third kappa shape index (κ3) is 5.18. The average Bonchev–Trinajstić information content (AvgIpc) is 3.36. The molecular weight excluding hydrogens is 404 g/mol. The average molecular weight is 418 g/mol. The number of amides is 2. The lowest BCUT2D eigenvalue weighted by Crippen LogP contribution is -2.24. The van der Waals surface area contributed by atoms with E-state index in [1.807, 2.05) is 0 Å². The van der Waals surface area contributed by atoms with Crippen molar-refractivity contribution in [1.29, 1.82) is 0 Å². The number of aromatic nitrogens is 2. The summed E-state index contributed by atoms with van der Waals surface area (Å²) >= 11 is 2.27. The summed E-state index contributed by atoms with van der Waals surface area (Å²) in [5.41, 5.74) is -0.0796. The zero-order chi connectivity index (χ0) is 19.9. The highest BCUT2D eigenvalue weighted by molar-refractivity contribution is 8.01. The van der Waals surface area contributed by atoms with Crippen molar-refractivity contribution in [2.75, 3.05) is 11.1 Å². The number of rotatable bonds is 8. The van der Waals surface area contributed by atoms with Crippen LogP contribution in [-0.4, -0.2) is 38.8 Å². The standard InChI is InChI=1S/C17H14N4O5S2/c22-13(18-8-10-4-3-7-26-10)9-27-17-21-20-16(28-17)19-14(23)11-5-1-2-6-12(11)15(24)25/h1-7H,8-9H2,(H,18,22)(H,24,25)(H,19,20,23). The smallest absolute Gasteiger partial charge is 0.336 e. The van der Waals surface area contributed by atoms with Gasteiger partial charge in [0, 0.05) is 0 Å². The fourth-order valence-corrected chi connectivity index (χ4v) is 3.70. The summed E-state index contributed by atoms with van der Waals surface area (Å²) in [5, 5.41) is 22.3. The minimum Gasteiger partial charge on any atom is -0.478 e. The number of hydrogen-bond donors (Lipinski definition) is 3. The first-order valence-corrected chi connectivity index (χ1v) is 9.72. The van der Waals surface area contributed by atoms with Crippen LogP contribution >= 0.6 is 23.1 Å². The van der Waals surface area contributed by atoms with E-state index in [1.54, 1.807) is 18.2 Å². The number of furan rings is 1. The Kier molecular flexibility index (Phi) is 6.40. The lowest BCUT2D eigenvalue weighted by molar-refractivity contribution is -0.118. The molecule has 9 nitrogen and oxygen atoms in total. The zero-order valence-corrected chi connectivity index (χ0v) is 15.9. The number of hydrogen-bond acceptors (Lipinski definition) is 8. The largest absolute Gasteiger partial charge is 0.478 e. The summed E-state index contributed by atoms with van der Waals surface area (Å²) < 4.78 is 5.62. The molecule has 0 fully saturated rings. The third-order valence-corrected chi connectivity index (χ3v) is 5.37. The van der Waals surface area contributed by atoms with Crippen molar-refractivity contribution < 1.29 is 23.9 Å². The van der Waals surface area contributed by atoms with Crippen LogP contribution in [0.1, 0.15) is 26.5 Å². The molecule has 0 spiro atoms. The quantitative estimate of drug-likeness (QED) is 0.375. The van der Waals surface area contributed by atoms with Crippen molar-refractivity contribution in [2.45, 2.75) is 10.9 Å². The molecule has 0 radical (unpaired) electrons. The molecular formula is C17H14N4O5S2. The molecule has 2 aromatic heterocycles. The fourth-order valence-electron chi connectivity index (χ4n) is 2.13. The Hall–Kier alpha value is -3.18. The lowest BCUT2D eigenvalue weighted by atomic mass is 10.1. The summed E-state index contributed by atoms with van der Waals surface area (Å²) in [5.74, 6) is -1.20. The number of nitrogens with one attached hydrogen (secondary N) is 2. The van der Waals surface area contributed by atoms with E-state index in [4.69, 9.17) is 9.52 Å². The molecule has 3 aromatic rings. The van der Waals surface area contributed by atoms with E-state index in [9.17, 15) is 14.4 Å². The number of nitrogens with zero attached hydrogens (tertiary/aromatic N) is 2. The number of anilines is 1. The second-order valence-electron chi connectivity index (χ2n) is 5.32. The molecule has 0 bridgehead atoms. The van der Waals surface area contributed by atoms with Crippen LogP contribution in [0.5, 0.6) is 0 Å². The van der Waals surface area contributed by atoms with Crippen LogP contribution in [0.2, 0.25) is 0 Å². The highest BCUT2D eigenvalue weighted by Gasteiger charge is 2.17. The molecule has 0 aliphatic rings. The van der Waals surface area contributed by atoms with E-state index in [2.05, 4.69) is 20.8 Å². The van der Waals surface area contributed by atoms with Gasteiger partial charge in [-0.1, -0.05) is 35.2 Å². The molecule has 28 heavy (non-hydrogen) atoms. The summed E-state index contributed by atoms with van der Waals surface area (Å²) in [6.07, 6.45) is 1.53. The van der Waals surface area contributed by atoms with E-state index in [0.29, 0.717) is 16.6 Å². The van der Waals surface area contributed by atoms with E-state index < -0.39 is 11.9 Å². The summed E-state index contributed by atoms with van der Waals surface area (Å²) in [4.78, 5) is 35.3. The highest BCUT2D eigenvalue weighted by Crippen LogP contribution is 2.26. The maximum Gasteiger partial charge on any atom is 0.336 e. The van der Waals surface area contributed by atoms with Crippen molar-refractivity contribution in [1.82, 2.24) is 15.5 Å². The van der Waals surface area contributed by atoms with Crippen LogP contribution in [0.3, 0.4) is 0 Å². The number of carbonyl (C=O) groups is 3. The van der Waals surface area contributed by atoms with Gasteiger partial charge < -0.3 is 14.8 Å². The van der Waals surface area contributed by atoms with Gasteiger partial charge in [0.05, 0.1) is 29.7 Å². The number of benzene rings is 1. The summed E-state index contributed by atoms with van der Waals surface area (Å²) in [6.45, 7) is 0.298. The number of thioether (sulfide) groups is 1. The highest BCUT2D eigenvalue weighted by atomic mass is 32.2. The van der Waals surface area contributed by atoms with Crippen molar-refractivity contribution in [2.24, 2.45) is 0 Å². The maximum absolute atomic E-state index is 12.3. The third-order valence-electron chi connectivity index (χ3n) is 3.40. The molecule has 2 heterocycles. The van der Waals surface area contributed by atoms with Crippen molar-refractivity contribution >= 4 is 46.0 Å². The van der Waals surface area contributed by atoms with E-state index in [0.717, 1.165) is 11.3 Å². The first-order valence-electron chi connectivity index (χ1n) is 7.92. The van der Waals surface area contributed by atoms with Crippen molar-refractivity contribution in [3.8, 4) is 0 Å². The Morgan fingerprint density at radius 1 is 1.11 bits per heavy atom. The molecule has 0 aliphatic heterocycles. The Morgan fingerprint density at radius 2 is 1.89 bits per heavy atom. The summed E-state index contributed by atoms with van der Waals surface area (Å²) in [7, 11) is 0. The first-order chi connectivity index (χ1) is 13.5. The SMILES string of the molecule is O=C(CSc1nnc(NC(=O)c2ccccc2C(=O)O)s1)NCc1ccco1. The lowest BCUT2D eigenvalue weighted by Gasteiger charge is -2.04. The van der Waals surface area contributed by atoms with Gasteiger partial charge >= 0.3 is 5.97 Å². The van der Waals surface area contributed by atoms with Crippen molar-refractivity contribution in [3.63, 3.8) is 0 Å². The molecule has 3 N–H and O–H groups in total. The van der Waals surface area contributed by atoms with E-state index in [1.165, 1.54) is 36.2 Å². The Morgan fingerprint density at radius 3 is 2.61 bits per heavy atom. The topological polar surface area (TPSA) is 134 Å². The monoisotopic (exact) mass is 418 g/mol. The van der Waals surface area contributed by atoms with Gasteiger partial charge in [0.2, 0.25) is 11.0 Å². The van der Waals surface area contributed by atoms with Crippen LogP contribution in [0.15, 0.2) is 51.4 Å². The summed E-state index contributed by atoms with van der Waals surface area (Å²) in [6, 6.07) is 9.37. The van der Waals surface area contributed by atoms with Gasteiger partial charge in [-0.15, -0.1) is 10.2 Å². The maximum atomic E-state index is 12.3. The number of carboxylic acid groups (broad SMARTS) is 1. The normalized spacial score (nSPS) is 10.4. The Labute approximate surface area is 167 Å². The predicted molar refractivity (Wildman–Crippen MR) is 103 cm³/mol. The van der Waals surface area contributed by atoms with Gasteiger partial charge in [-0.05, 0) is 24.3 Å². The van der Waals surface area contributed by atoms with Crippen LogP contribution in [-0.2, 0) is 11.3 Å². The molecule has 0 aliphatic carbocycles. The molecule has 0 unspecified atom stereocenters. The first kappa shape index (κ1) is 19.6. The molecule has 11 heteroatoms. The van der Waals surface area contributed by atoms with Gasteiger partial charge in [-0.2, -0.15) is 0 Å². The van der Waals surface area contributed by atoms with Gasteiger partial charge in [0.25, 0.3) is 5.91 Å². The molecule has 0 saturated carbocycles. The van der Waals surface area contributed by atoms with Crippen LogP contribution in [0.25, 0.3) is 0 Å². The molecule has 0 atom stereocenters. The Balaban J connectivity index is 1.52. The Bertz CT molecular complexity index is 987. The van der Waals surface area contributed by atoms with Crippen LogP contribution in [0.4, 0.5) is 5.13 Å². The minimum absolute atomic E-state index is 0.0247. The number of carbonyl (C=O) groups excluding carboxylic acids is 2. The van der Waals surface area contributed by atoms with Crippen LogP contribution < -0.4 is 10.6 Å². The molecule has 3 rings (SSSR count). The van der Waals surface area contributed by atoms with Crippen molar-refractivity contribution in [3.05, 3.63) is 59.5 Å². The van der Waals surface area contributed by atoms with Gasteiger partial charge in [-0.3, -0.25) is 14.9 Å². The van der Waals surface area contributed by atoms with Gasteiger partial charge in [0.15, 0.2) is 4.34 Å². The number of carboxylic acids is 1. The van der Waals surface area contributed by atoms with E-state index >= 15 is 0 Å². The molecule has 0 saturated heterocycles. The molecule has 1 aromatic carbocycles. The second-order valence-corrected chi connectivity index (χ2v) is 7.52. The molecule has 144 valence electrons. The fraction of sp³-hybridized carbons (Fsp3) is 0.118. The zero-order valence-electron chi connectivity index (χ0n) is 14.2. The van der Waals surface area contributed by atoms with E-state index in [-0.39, 0.29) is 27.9 Å². The van der Waals surface area contributed by atoms with Crippen LogP contribution in [0, 0.1) is 0 Å². The van der Waals surface area contributed by atoms with Gasteiger partial charge in [-0.25, -0.2) is 4.79 Å². The molecule has 2 amide bonds. The number of aromatic carboxylic acids is 1. The second kappa shape index (κ2) is 9.15. The minimum atomic E-state index is -1.19.